The van der Waals surface area contributed by atoms with Crippen LogP contribution in [-0.2, 0) is 11.2 Å². The zero-order valence-corrected chi connectivity index (χ0v) is 22.0. The minimum atomic E-state index is -2.19. The van der Waals surface area contributed by atoms with Crippen LogP contribution in [0.1, 0.15) is 22.3 Å². The fourth-order valence-electron chi connectivity index (χ4n) is 4.34. The van der Waals surface area contributed by atoms with Crippen molar-refractivity contribution < 1.29 is 18.9 Å². The maximum atomic E-state index is 13.4. The molecule has 1 N–H and O–H groups in total. The van der Waals surface area contributed by atoms with E-state index < -0.39 is 26.0 Å². The number of carbonyl (C=O) groups is 2. The monoisotopic (exact) mass is 575 g/mol. The molecule has 1 aliphatic carbocycles. The van der Waals surface area contributed by atoms with Crippen LogP contribution in [0.3, 0.4) is 0 Å². The summed E-state index contributed by atoms with van der Waals surface area (Å²) in [4.78, 5) is 38.1. The lowest BCUT2D eigenvalue weighted by atomic mass is 9.74. The minimum absolute atomic E-state index is 0.101. The molecular formula is C27H21Cl3FN3O4. The average molecular weight is 577 g/mol. The summed E-state index contributed by atoms with van der Waals surface area (Å²) >= 11 is 17.4. The molecule has 0 radical (unpaired) electrons. The van der Waals surface area contributed by atoms with Gasteiger partial charge in [-0.3, -0.25) is 19.7 Å². The number of hydrogen-bond acceptors (Lipinski definition) is 4. The summed E-state index contributed by atoms with van der Waals surface area (Å²) < 4.78 is 11.2. The van der Waals surface area contributed by atoms with Crippen LogP contribution in [0.4, 0.5) is 15.8 Å². The summed E-state index contributed by atoms with van der Waals surface area (Å²) in [5.74, 6) is -1.51. The first-order valence-corrected chi connectivity index (χ1v) is 12.5. The molecule has 0 bridgehead atoms. The Morgan fingerprint density at radius 3 is 2.16 bits per heavy atom. The summed E-state index contributed by atoms with van der Waals surface area (Å²) in [7, 11) is 0. The molecule has 0 heterocycles. The Hall–Kier alpha value is -3.46. The van der Waals surface area contributed by atoms with Gasteiger partial charge in [-0.05, 0) is 60.4 Å². The smallest absolute Gasteiger partial charge is 0.272 e. The number of halogens is 4. The van der Waals surface area contributed by atoms with Crippen molar-refractivity contribution in [3.05, 3.63) is 118 Å². The van der Waals surface area contributed by atoms with Gasteiger partial charge in [0.2, 0.25) is 0 Å². The van der Waals surface area contributed by atoms with Gasteiger partial charge in [0, 0.05) is 29.9 Å². The van der Waals surface area contributed by atoms with Gasteiger partial charge in [0.25, 0.3) is 21.3 Å². The van der Waals surface area contributed by atoms with E-state index in [4.69, 9.17) is 34.8 Å². The molecule has 0 fully saturated rings. The number of nitro benzene ring substituents is 1. The van der Waals surface area contributed by atoms with E-state index in [0.717, 1.165) is 11.1 Å². The second-order valence-electron chi connectivity index (χ2n) is 8.92. The lowest BCUT2D eigenvalue weighted by Gasteiger charge is -2.43. The van der Waals surface area contributed by atoms with Crippen LogP contribution in [-0.4, -0.2) is 32.6 Å². The van der Waals surface area contributed by atoms with E-state index in [0.29, 0.717) is 24.1 Å². The van der Waals surface area contributed by atoms with Gasteiger partial charge < -0.3 is 10.2 Å². The van der Waals surface area contributed by atoms with Crippen molar-refractivity contribution >= 4 is 58.0 Å². The molecule has 1 aliphatic rings. The van der Waals surface area contributed by atoms with Gasteiger partial charge >= 0.3 is 0 Å². The van der Waals surface area contributed by atoms with Crippen LogP contribution in [0.15, 0.2) is 90.5 Å². The molecule has 196 valence electrons. The number of benzene rings is 3. The highest BCUT2D eigenvalue weighted by Crippen LogP contribution is 2.37. The van der Waals surface area contributed by atoms with Crippen LogP contribution in [0.2, 0.25) is 0 Å². The predicted octanol–water partition coefficient (Wildman–Crippen LogP) is 6.18. The maximum Gasteiger partial charge on any atom is 0.272 e. The van der Waals surface area contributed by atoms with Crippen molar-refractivity contribution in [2.45, 2.75) is 22.2 Å². The van der Waals surface area contributed by atoms with Crippen molar-refractivity contribution in [2.24, 2.45) is 0 Å². The Morgan fingerprint density at radius 2 is 1.61 bits per heavy atom. The zero-order chi connectivity index (χ0) is 27.5. The van der Waals surface area contributed by atoms with E-state index >= 15 is 0 Å². The number of amides is 2. The molecule has 4 rings (SSSR count). The number of carbonyl (C=O) groups excluding carboxylic acids is 2. The first-order chi connectivity index (χ1) is 18.0. The minimum Gasteiger partial charge on any atom is -0.343 e. The second-order valence-corrected chi connectivity index (χ2v) is 11.2. The SMILES string of the molecule is O=C(c1ccccc1)N(CC1=CC(Cc2ccc(F)cc2)(NC(=O)C(Cl)(Cl)Cl)C1)c1ccc([N+](=O)[O-])cc1. The van der Waals surface area contributed by atoms with Crippen molar-refractivity contribution in [3.63, 3.8) is 0 Å². The highest BCUT2D eigenvalue weighted by atomic mass is 35.6. The quantitative estimate of drug-likeness (QED) is 0.150. The molecule has 0 aromatic heterocycles. The molecule has 0 spiro atoms. The third-order valence-electron chi connectivity index (χ3n) is 6.07. The van der Waals surface area contributed by atoms with Gasteiger partial charge in [-0.1, -0.05) is 71.2 Å². The summed E-state index contributed by atoms with van der Waals surface area (Å²) in [6, 6.07) is 20.1. The molecule has 7 nitrogen and oxygen atoms in total. The van der Waals surface area contributed by atoms with E-state index in [1.165, 1.54) is 41.3 Å². The molecule has 3 aromatic carbocycles. The van der Waals surface area contributed by atoms with E-state index in [1.807, 2.05) is 0 Å². The van der Waals surface area contributed by atoms with Crippen molar-refractivity contribution in [3.8, 4) is 0 Å². The Bertz CT molecular complexity index is 1380. The molecule has 0 saturated carbocycles. The number of nitrogens with one attached hydrogen (secondary N) is 1. The van der Waals surface area contributed by atoms with Crippen LogP contribution in [0.5, 0.6) is 0 Å². The van der Waals surface area contributed by atoms with Gasteiger partial charge in [0.05, 0.1) is 10.5 Å². The van der Waals surface area contributed by atoms with Crippen LogP contribution in [0.25, 0.3) is 0 Å². The van der Waals surface area contributed by atoms with E-state index in [9.17, 15) is 24.1 Å². The summed E-state index contributed by atoms with van der Waals surface area (Å²) in [6.45, 7) is 0.153. The van der Waals surface area contributed by atoms with Gasteiger partial charge in [-0.25, -0.2) is 4.39 Å². The molecular weight excluding hydrogens is 556 g/mol. The standard InChI is InChI=1S/C27H21Cl3FN3O4/c28-27(29,30)25(36)32-26(14-18-6-8-21(31)9-7-18)15-19(16-26)17-33(24(35)20-4-2-1-3-5-20)22-10-12-23(13-11-22)34(37)38/h1-13,15H,14,16-17H2,(H,32,36). The van der Waals surface area contributed by atoms with Crippen molar-refractivity contribution in [1.82, 2.24) is 5.32 Å². The number of non-ortho nitro benzene ring substituents is 1. The van der Waals surface area contributed by atoms with Crippen molar-refractivity contribution in [2.75, 3.05) is 11.4 Å². The highest BCUT2D eigenvalue weighted by molar-refractivity contribution is 6.76. The van der Waals surface area contributed by atoms with Gasteiger partial charge in [-0.15, -0.1) is 0 Å². The summed E-state index contributed by atoms with van der Waals surface area (Å²) in [5, 5.41) is 13.9. The summed E-state index contributed by atoms with van der Waals surface area (Å²) in [6.07, 6.45) is 2.41. The highest BCUT2D eigenvalue weighted by Gasteiger charge is 2.43. The topological polar surface area (TPSA) is 92.6 Å². The lowest BCUT2D eigenvalue weighted by molar-refractivity contribution is -0.384. The lowest BCUT2D eigenvalue weighted by Crippen LogP contribution is -2.57. The largest absolute Gasteiger partial charge is 0.343 e. The number of anilines is 1. The molecule has 1 unspecified atom stereocenters. The van der Waals surface area contributed by atoms with E-state index in [1.54, 1.807) is 48.5 Å². The molecule has 0 aliphatic heterocycles. The number of nitro groups is 1. The molecule has 11 heteroatoms. The Balaban J connectivity index is 1.64. The maximum absolute atomic E-state index is 13.4. The molecule has 3 aromatic rings. The zero-order valence-electron chi connectivity index (χ0n) is 19.7. The van der Waals surface area contributed by atoms with Crippen LogP contribution in [0, 0.1) is 15.9 Å². The number of rotatable bonds is 8. The average Bonchev–Trinajstić information content (AvgIpc) is 2.87. The normalized spacial score (nSPS) is 16.7. The summed E-state index contributed by atoms with van der Waals surface area (Å²) in [5.41, 5.74) is 1.43. The fourth-order valence-corrected chi connectivity index (χ4v) is 4.49. The van der Waals surface area contributed by atoms with Crippen LogP contribution < -0.4 is 10.2 Å². The van der Waals surface area contributed by atoms with E-state index in [-0.39, 0.29) is 18.1 Å². The van der Waals surface area contributed by atoms with Gasteiger partial charge in [-0.2, -0.15) is 0 Å². The van der Waals surface area contributed by atoms with Crippen LogP contribution >= 0.6 is 34.8 Å². The third-order valence-corrected chi connectivity index (χ3v) is 6.59. The fraction of sp³-hybridized carbons (Fsp3) is 0.185. The predicted molar refractivity (Wildman–Crippen MR) is 145 cm³/mol. The molecule has 0 saturated heterocycles. The Kier molecular flexibility index (Phi) is 8.06. The van der Waals surface area contributed by atoms with E-state index in [2.05, 4.69) is 5.32 Å². The van der Waals surface area contributed by atoms with Crippen molar-refractivity contribution in [1.29, 1.82) is 0 Å². The van der Waals surface area contributed by atoms with Gasteiger partial charge in [0.1, 0.15) is 5.82 Å². The number of alkyl halides is 3. The first kappa shape index (κ1) is 27.6. The second kappa shape index (κ2) is 11.1. The number of nitrogens with zero attached hydrogens (tertiary/aromatic N) is 2. The molecule has 1 atom stereocenters. The Labute approximate surface area is 232 Å². The van der Waals surface area contributed by atoms with Gasteiger partial charge in [0.15, 0.2) is 0 Å². The first-order valence-electron chi connectivity index (χ1n) is 11.4. The molecule has 38 heavy (non-hydrogen) atoms. The third kappa shape index (κ3) is 6.51. The Morgan fingerprint density at radius 1 is 1.00 bits per heavy atom. The molecule has 2 amide bonds. The number of hydrogen-bond donors (Lipinski definition) is 1.